The van der Waals surface area contributed by atoms with Crippen molar-refractivity contribution in [1.82, 2.24) is 10.2 Å². The molecule has 0 aliphatic heterocycles. The number of hydrogen-bond donors (Lipinski definition) is 4. The molecule has 0 heterocycles. The Kier molecular flexibility index (Phi) is 19.5. The van der Waals surface area contributed by atoms with Crippen molar-refractivity contribution >= 4 is 53.1 Å². The van der Waals surface area contributed by atoms with E-state index in [0.29, 0.717) is 30.9 Å². The number of ether oxygens (including phenoxy) is 2. The number of carbonyl (C=O) groups is 2. The molecule has 0 aliphatic carbocycles. The lowest BCUT2D eigenvalue weighted by Crippen LogP contribution is -2.42. The van der Waals surface area contributed by atoms with Gasteiger partial charge >= 0.3 is 5.97 Å². The van der Waals surface area contributed by atoms with Crippen LogP contribution in [0.1, 0.15) is 46.8 Å². The number of allylic oxidation sites excluding steroid dienone is 1. The number of nitrogens with one attached hydrogen (secondary N) is 2. The number of hydrogen-bond acceptors (Lipinski definition) is 9. The molecule has 0 bridgehead atoms. The van der Waals surface area contributed by atoms with E-state index in [1.807, 2.05) is 48.7 Å². The van der Waals surface area contributed by atoms with Crippen molar-refractivity contribution in [3.8, 4) is 16.9 Å². The van der Waals surface area contributed by atoms with E-state index >= 15 is 0 Å². The Morgan fingerprint density at radius 3 is 2.00 bits per heavy atom. The van der Waals surface area contributed by atoms with Crippen LogP contribution in [0.25, 0.3) is 22.3 Å². The lowest BCUT2D eigenvalue weighted by molar-refractivity contribution is -0.142. The smallest absolute Gasteiger partial charge is 0.328 e. The monoisotopic (exact) mass is 818 g/mol. The van der Waals surface area contributed by atoms with Gasteiger partial charge in [0.1, 0.15) is 18.4 Å². The molecule has 1 amide bonds. The van der Waals surface area contributed by atoms with Gasteiger partial charge in [0.25, 0.3) is 5.91 Å². The zero-order chi connectivity index (χ0) is 41.7. The first-order valence-corrected chi connectivity index (χ1v) is 21.6. The standard InChI is InChI=1S/C26H29NO.C22H29N3O3S2/c1-4-25(21-11-7-5-8-12-21)26(22-13-9-6-10-14-22)23-15-17-24(18-16-23)28-20-19-27(2)3;1-28-22(27)20(10-11-30-2)25-21(26)19-12-17(24-13-16(23)14-29)8-9-18(19)15-6-4-3-5-7-15/h5-18H,4,19-20H2,1-3H3;3-9,12,16,20,24,29H,10-11,13-14,23H2,1-2H3,(H,25,26)/b26-25-;/t;16-,20+/m.1/s1. The van der Waals surface area contributed by atoms with Crippen molar-refractivity contribution in [2.45, 2.75) is 31.8 Å². The van der Waals surface area contributed by atoms with Crippen molar-refractivity contribution in [2.75, 3.05) is 64.0 Å². The number of thiol groups is 1. The van der Waals surface area contributed by atoms with Gasteiger partial charge in [-0.3, -0.25) is 4.79 Å². The van der Waals surface area contributed by atoms with Gasteiger partial charge < -0.3 is 30.7 Å². The van der Waals surface area contributed by atoms with Crippen molar-refractivity contribution in [3.05, 3.63) is 156 Å². The number of amides is 1. The van der Waals surface area contributed by atoms with E-state index in [1.54, 1.807) is 17.8 Å². The molecule has 0 saturated heterocycles. The molecule has 4 N–H and O–H groups in total. The normalized spacial score (nSPS) is 12.3. The van der Waals surface area contributed by atoms with Gasteiger partial charge in [-0.05, 0) is 102 Å². The highest BCUT2D eigenvalue weighted by Gasteiger charge is 2.24. The fraction of sp³-hybridized carbons (Fsp3) is 0.292. The highest BCUT2D eigenvalue weighted by atomic mass is 32.2. The Morgan fingerprint density at radius 2 is 1.43 bits per heavy atom. The highest BCUT2D eigenvalue weighted by Crippen LogP contribution is 2.35. The summed E-state index contributed by atoms with van der Waals surface area (Å²) in [7, 11) is 5.43. The van der Waals surface area contributed by atoms with E-state index in [0.717, 1.165) is 41.3 Å². The summed E-state index contributed by atoms with van der Waals surface area (Å²) in [6, 6.07) is 44.3. The molecule has 10 heteroatoms. The minimum absolute atomic E-state index is 0.102. The molecule has 5 rings (SSSR count). The maximum absolute atomic E-state index is 13.2. The maximum atomic E-state index is 13.2. The average molecular weight is 819 g/mol. The first-order chi connectivity index (χ1) is 28.2. The lowest BCUT2D eigenvalue weighted by Gasteiger charge is -2.19. The van der Waals surface area contributed by atoms with Gasteiger partial charge in [0.05, 0.1) is 7.11 Å². The summed E-state index contributed by atoms with van der Waals surface area (Å²) in [5, 5.41) is 6.08. The van der Waals surface area contributed by atoms with Gasteiger partial charge in [-0.15, -0.1) is 0 Å². The molecule has 0 aliphatic rings. The summed E-state index contributed by atoms with van der Waals surface area (Å²) in [5.41, 5.74) is 15.2. The number of likely N-dealkylation sites (N-methyl/N-ethyl adjacent to an activating group) is 1. The number of esters is 1. The number of rotatable bonds is 19. The first-order valence-electron chi connectivity index (χ1n) is 19.6. The largest absolute Gasteiger partial charge is 0.492 e. The molecular weight excluding hydrogens is 761 g/mol. The molecular formula is C48H58N4O4S2. The van der Waals surface area contributed by atoms with Gasteiger partial charge in [-0.1, -0.05) is 116 Å². The summed E-state index contributed by atoms with van der Waals surface area (Å²) in [6.45, 7) is 4.36. The van der Waals surface area contributed by atoms with E-state index < -0.39 is 12.0 Å². The van der Waals surface area contributed by atoms with E-state index in [9.17, 15) is 9.59 Å². The summed E-state index contributed by atoms with van der Waals surface area (Å²) in [4.78, 5) is 27.4. The van der Waals surface area contributed by atoms with Crippen LogP contribution < -0.4 is 21.1 Å². The molecule has 58 heavy (non-hydrogen) atoms. The molecule has 2 atom stereocenters. The fourth-order valence-corrected chi connectivity index (χ4v) is 6.84. The lowest BCUT2D eigenvalue weighted by atomic mass is 9.88. The second-order valence-electron chi connectivity index (χ2n) is 13.9. The average Bonchev–Trinajstić information content (AvgIpc) is 3.27. The van der Waals surface area contributed by atoms with Crippen LogP contribution in [0.15, 0.2) is 133 Å². The number of nitrogens with zero attached hydrogens (tertiary/aromatic N) is 1. The zero-order valence-electron chi connectivity index (χ0n) is 34.3. The molecule has 0 unspecified atom stereocenters. The van der Waals surface area contributed by atoms with Crippen LogP contribution >= 0.6 is 24.4 Å². The third-order valence-electron chi connectivity index (χ3n) is 9.34. The Bertz CT molecular complexity index is 2010. The number of nitrogens with two attached hydrogens (primary N) is 1. The third-order valence-corrected chi connectivity index (χ3v) is 10.5. The first kappa shape index (κ1) is 45.7. The van der Waals surface area contributed by atoms with Crippen molar-refractivity contribution in [1.29, 1.82) is 0 Å². The van der Waals surface area contributed by atoms with Crippen LogP contribution in [-0.4, -0.2) is 87.5 Å². The van der Waals surface area contributed by atoms with Gasteiger partial charge in [0.15, 0.2) is 0 Å². The number of methoxy groups -OCH3 is 1. The summed E-state index contributed by atoms with van der Waals surface area (Å²) < 4.78 is 10.7. The predicted molar refractivity (Wildman–Crippen MR) is 248 cm³/mol. The highest BCUT2D eigenvalue weighted by molar-refractivity contribution is 7.98. The van der Waals surface area contributed by atoms with E-state index in [4.69, 9.17) is 15.2 Å². The minimum atomic E-state index is -0.701. The third kappa shape index (κ3) is 14.1. The molecule has 0 spiro atoms. The van der Waals surface area contributed by atoms with Crippen LogP contribution in [0.5, 0.6) is 5.75 Å². The topological polar surface area (TPSA) is 106 Å². The Balaban J connectivity index is 0.000000257. The zero-order valence-corrected chi connectivity index (χ0v) is 36.0. The Hall–Kier alpha value is -5.00. The van der Waals surface area contributed by atoms with Crippen molar-refractivity contribution in [2.24, 2.45) is 5.73 Å². The van der Waals surface area contributed by atoms with Gasteiger partial charge in [0, 0.05) is 36.1 Å². The fourth-order valence-electron chi connectivity index (χ4n) is 6.24. The van der Waals surface area contributed by atoms with Crippen molar-refractivity contribution < 1.29 is 19.1 Å². The van der Waals surface area contributed by atoms with E-state index in [-0.39, 0.29) is 11.9 Å². The number of benzene rings is 5. The molecule has 5 aromatic rings. The van der Waals surface area contributed by atoms with Crippen LogP contribution in [-0.2, 0) is 9.53 Å². The second kappa shape index (κ2) is 24.7. The minimum Gasteiger partial charge on any atom is -0.492 e. The summed E-state index contributed by atoms with van der Waals surface area (Å²) in [6.07, 6.45) is 3.42. The van der Waals surface area contributed by atoms with Crippen LogP contribution in [0, 0.1) is 0 Å². The van der Waals surface area contributed by atoms with Crippen molar-refractivity contribution in [3.63, 3.8) is 0 Å². The van der Waals surface area contributed by atoms with Gasteiger partial charge in [0.2, 0.25) is 0 Å². The second-order valence-corrected chi connectivity index (χ2v) is 15.2. The number of anilines is 1. The van der Waals surface area contributed by atoms with Crippen LogP contribution in [0.4, 0.5) is 5.69 Å². The molecule has 5 aromatic carbocycles. The quantitative estimate of drug-likeness (QED) is 0.0372. The predicted octanol–water partition coefficient (Wildman–Crippen LogP) is 9.04. The Labute approximate surface area is 355 Å². The summed E-state index contributed by atoms with van der Waals surface area (Å²) in [5.74, 6) is 1.42. The Morgan fingerprint density at radius 1 is 0.828 bits per heavy atom. The maximum Gasteiger partial charge on any atom is 0.328 e. The van der Waals surface area contributed by atoms with Gasteiger partial charge in [-0.25, -0.2) is 4.79 Å². The molecule has 0 aromatic heterocycles. The molecule has 306 valence electrons. The number of carbonyl (C=O) groups excluding carboxylic acids is 2. The van der Waals surface area contributed by atoms with Crippen LogP contribution in [0.3, 0.4) is 0 Å². The SMILES string of the molecule is CC/C(=C(\c1ccccc1)c1ccc(OCCN(C)C)cc1)c1ccccc1.COC(=O)[C@H](CCSC)NC(=O)c1cc(NC[C@@H](N)CS)ccc1-c1ccccc1. The van der Waals surface area contributed by atoms with Crippen LogP contribution in [0.2, 0.25) is 0 Å². The van der Waals surface area contributed by atoms with Gasteiger partial charge in [-0.2, -0.15) is 24.4 Å². The molecule has 8 nitrogen and oxygen atoms in total. The molecule has 0 fully saturated rings. The molecule has 0 saturated carbocycles. The summed E-state index contributed by atoms with van der Waals surface area (Å²) >= 11 is 5.81. The number of thioether (sulfide) groups is 1. The molecule has 0 radical (unpaired) electrons. The van der Waals surface area contributed by atoms with E-state index in [1.165, 1.54) is 34.9 Å². The van der Waals surface area contributed by atoms with E-state index in [2.05, 4.69) is 134 Å².